The molecule has 0 amide bonds. The summed E-state index contributed by atoms with van der Waals surface area (Å²) in [4.78, 5) is 15.5. The second kappa shape index (κ2) is 7.31. The quantitative estimate of drug-likeness (QED) is 0.536. The molecule has 0 bridgehead atoms. The molecule has 0 saturated heterocycles. The summed E-state index contributed by atoms with van der Waals surface area (Å²) < 4.78 is 1.83. The SMILES string of the molecule is Cn1cc(-c2ccc3c(c2)CN(c2nccc(/C=C/c4ccncc4)n2)C3)cn1. The Hall–Kier alpha value is -3.80. The number of hydrogen-bond acceptors (Lipinski definition) is 5. The highest BCUT2D eigenvalue weighted by Gasteiger charge is 2.21. The van der Waals surface area contributed by atoms with Crippen LogP contribution in [0.3, 0.4) is 0 Å². The Bertz CT molecular complexity index is 1180. The lowest BCUT2D eigenvalue weighted by molar-refractivity contribution is 0.768. The van der Waals surface area contributed by atoms with Crippen molar-refractivity contribution in [2.75, 3.05) is 4.90 Å². The van der Waals surface area contributed by atoms with Gasteiger partial charge in [0.1, 0.15) is 0 Å². The largest absolute Gasteiger partial charge is 0.332 e. The van der Waals surface area contributed by atoms with Crippen LogP contribution < -0.4 is 4.90 Å². The Morgan fingerprint density at radius 1 is 0.897 bits per heavy atom. The van der Waals surface area contributed by atoms with Crippen molar-refractivity contribution >= 4 is 18.1 Å². The van der Waals surface area contributed by atoms with Crippen LogP contribution in [-0.4, -0.2) is 24.7 Å². The maximum atomic E-state index is 4.74. The minimum absolute atomic E-state index is 0.751. The van der Waals surface area contributed by atoms with Gasteiger partial charge in [0.05, 0.1) is 11.9 Å². The van der Waals surface area contributed by atoms with Crippen LogP contribution in [0.5, 0.6) is 0 Å². The third kappa shape index (κ3) is 3.65. The Labute approximate surface area is 169 Å². The first-order valence-corrected chi connectivity index (χ1v) is 9.51. The highest BCUT2D eigenvalue weighted by molar-refractivity contribution is 5.68. The van der Waals surface area contributed by atoms with E-state index < -0.39 is 0 Å². The summed E-state index contributed by atoms with van der Waals surface area (Å²) >= 11 is 0. The number of aryl methyl sites for hydroxylation is 1. The standard InChI is InChI=1S/C23H20N6/c1-28-14-21(13-26-28)18-3-4-19-15-29(16-20(19)12-18)23-25-11-8-22(27-23)5-2-17-6-9-24-10-7-17/h2-14H,15-16H2,1H3/b5-2+. The lowest BCUT2D eigenvalue weighted by Crippen LogP contribution is -2.17. The molecule has 142 valence electrons. The molecule has 0 aliphatic carbocycles. The maximum Gasteiger partial charge on any atom is 0.226 e. The molecule has 3 aromatic heterocycles. The number of anilines is 1. The molecule has 0 radical (unpaired) electrons. The first-order valence-electron chi connectivity index (χ1n) is 9.51. The van der Waals surface area contributed by atoms with E-state index in [0.29, 0.717) is 0 Å². The topological polar surface area (TPSA) is 59.7 Å². The van der Waals surface area contributed by atoms with Gasteiger partial charge in [-0.1, -0.05) is 18.2 Å². The highest BCUT2D eigenvalue weighted by Crippen LogP contribution is 2.30. The van der Waals surface area contributed by atoms with Gasteiger partial charge in [0, 0.05) is 50.5 Å². The van der Waals surface area contributed by atoms with Gasteiger partial charge in [-0.2, -0.15) is 5.10 Å². The van der Waals surface area contributed by atoms with Crippen LogP contribution in [-0.2, 0) is 20.1 Å². The molecule has 6 heteroatoms. The van der Waals surface area contributed by atoms with Crippen LogP contribution in [0.15, 0.2) is 67.4 Å². The van der Waals surface area contributed by atoms with Crippen LogP contribution in [0.4, 0.5) is 5.95 Å². The number of nitrogens with zero attached hydrogens (tertiary/aromatic N) is 6. The summed E-state index contributed by atoms with van der Waals surface area (Å²) in [6, 6.07) is 12.5. The summed E-state index contributed by atoms with van der Waals surface area (Å²) in [7, 11) is 1.94. The van der Waals surface area contributed by atoms with Crippen LogP contribution >= 0.6 is 0 Å². The number of pyridine rings is 1. The molecule has 0 fully saturated rings. The summed E-state index contributed by atoms with van der Waals surface area (Å²) in [5, 5.41) is 4.27. The van der Waals surface area contributed by atoms with E-state index in [0.717, 1.165) is 35.9 Å². The summed E-state index contributed by atoms with van der Waals surface area (Å²) in [5.74, 6) is 0.751. The first kappa shape index (κ1) is 17.3. The van der Waals surface area contributed by atoms with Crippen LogP contribution in [0.1, 0.15) is 22.4 Å². The van der Waals surface area contributed by atoms with E-state index in [2.05, 4.69) is 38.2 Å². The summed E-state index contributed by atoms with van der Waals surface area (Å²) in [6.45, 7) is 1.63. The molecule has 0 spiro atoms. The molecule has 4 heterocycles. The number of benzene rings is 1. The lowest BCUT2D eigenvalue weighted by atomic mass is 10.0. The van der Waals surface area contributed by atoms with Gasteiger partial charge in [0.25, 0.3) is 0 Å². The van der Waals surface area contributed by atoms with Crippen LogP contribution in [0.2, 0.25) is 0 Å². The fraction of sp³-hybridized carbons (Fsp3) is 0.130. The smallest absolute Gasteiger partial charge is 0.226 e. The van der Waals surface area contributed by atoms with Gasteiger partial charge in [-0.3, -0.25) is 9.67 Å². The molecule has 0 N–H and O–H groups in total. The van der Waals surface area contributed by atoms with Crippen molar-refractivity contribution in [2.24, 2.45) is 7.05 Å². The van der Waals surface area contributed by atoms with E-state index in [1.807, 2.05) is 60.7 Å². The lowest BCUT2D eigenvalue weighted by Gasteiger charge is -2.15. The zero-order valence-corrected chi connectivity index (χ0v) is 16.1. The van der Waals surface area contributed by atoms with Gasteiger partial charge >= 0.3 is 0 Å². The fourth-order valence-corrected chi connectivity index (χ4v) is 3.55. The second-order valence-corrected chi connectivity index (χ2v) is 7.14. The number of rotatable bonds is 4. The molecule has 5 rings (SSSR count). The van der Waals surface area contributed by atoms with Crippen LogP contribution in [0, 0.1) is 0 Å². The van der Waals surface area contributed by atoms with Crippen molar-refractivity contribution in [1.29, 1.82) is 0 Å². The third-order valence-corrected chi connectivity index (χ3v) is 5.07. The molecule has 0 unspecified atom stereocenters. The Morgan fingerprint density at radius 3 is 2.59 bits per heavy atom. The van der Waals surface area contributed by atoms with Crippen molar-refractivity contribution in [1.82, 2.24) is 24.7 Å². The van der Waals surface area contributed by atoms with Gasteiger partial charge in [-0.05, 0) is 52.6 Å². The molecule has 6 nitrogen and oxygen atoms in total. The molecule has 29 heavy (non-hydrogen) atoms. The van der Waals surface area contributed by atoms with Crippen molar-refractivity contribution in [3.63, 3.8) is 0 Å². The minimum Gasteiger partial charge on any atom is -0.332 e. The molecule has 1 aliphatic rings. The van der Waals surface area contributed by atoms with Crippen LogP contribution in [0.25, 0.3) is 23.3 Å². The monoisotopic (exact) mass is 380 g/mol. The van der Waals surface area contributed by atoms with Crippen molar-refractivity contribution in [3.8, 4) is 11.1 Å². The Kier molecular flexibility index (Phi) is 4.37. The zero-order chi connectivity index (χ0) is 19.6. The minimum atomic E-state index is 0.751. The first-order chi connectivity index (χ1) is 14.2. The summed E-state index contributed by atoms with van der Waals surface area (Å²) in [6.07, 6.45) is 13.4. The number of aromatic nitrogens is 5. The van der Waals surface area contributed by atoms with Gasteiger partial charge in [0.2, 0.25) is 5.95 Å². The molecule has 0 saturated carbocycles. The maximum absolute atomic E-state index is 4.74. The van der Waals surface area contributed by atoms with Gasteiger partial charge in [-0.25, -0.2) is 9.97 Å². The van der Waals surface area contributed by atoms with E-state index >= 15 is 0 Å². The molecule has 0 atom stereocenters. The molecule has 4 aromatic rings. The predicted molar refractivity (Wildman–Crippen MR) is 114 cm³/mol. The average molecular weight is 380 g/mol. The average Bonchev–Trinajstić information content (AvgIpc) is 3.39. The van der Waals surface area contributed by atoms with E-state index in [1.54, 1.807) is 12.4 Å². The van der Waals surface area contributed by atoms with E-state index in [-0.39, 0.29) is 0 Å². The molecule has 1 aromatic carbocycles. The Balaban J connectivity index is 1.36. The Morgan fingerprint density at radius 2 is 1.76 bits per heavy atom. The number of fused-ring (bicyclic) bond motifs is 1. The predicted octanol–water partition coefficient (Wildman–Crippen LogP) is 3.96. The fourth-order valence-electron chi connectivity index (χ4n) is 3.55. The van der Waals surface area contributed by atoms with E-state index in [1.165, 1.54) is 16.7 Å². The highest BCUT2D eigenvalue weighted by atomic mass is 15.3. The molecular weight excluding hydrogens is 360 g/mol. The third-order valence-electron chi connectivity index (χ3n) is 5.07. The molecular formula is C23H20N6. The molecule has 1 aliphatic heterocycles. The van der Waals surface area contributed by atoms with E-state index in [4.69, 9.17) is 4.98 Å². The second-order valence-electron chi connectivity index (χ2n) is 7.14. The zero-order valence-electron chi connectivity index (χ0n) is 16.1. The van der Waals surface area contributed by atoms with Crippen molar-refractivity contribution < 1.29 is 0 Å². The van der Waals surface area contributed by atoms with E-state index in [9.17, 15) is 0 Å². The normalized spacial score (nSPS) is 13.2. The van der Waals surface area contributed by atoms with Gasteiger partial charge in [-0.15, -0.1) is 0 Å². The van der Waals surface area contributed by atoms with Gasteiger partial charge in [0.15, 0.2) is 0 Å². The van der Waals surface area contributed by atoms with Gasteiger partial charge < -0.3 is 4.90 Å². The van der Waals surface area contributed by atoms with Crippen molar-refractivity contribution in [3.05, 3.63) is 89.8 Å². The number of hydrogen-bond donors (Lipinski definition) is 0. The van der Waals surface area contributed by atoms with Crippen molar-refractivity contribution in [2.45, 2.75) is 13.1 Å². The summed E-state index contributed by atoms with van der Waals surface area (Å²) in [5.41, 5.74) is 6.93.